The van der Waals surface area contributed by atoms with E-state index in [9.17, 15) is 4.79 Å². The minimum absolute atomic E-state index is 0.0960. The molecule has 0 bridgehead atoms. The van der Waals surface area contributed by atoms with Crippen molar-refractivity contribution in [2.24, 2.45) is 0 Å². The van der Waals surface area contributed by atoms with Gasteiger partial charge in [-0.15, -0.1) is 11.8 Å². The Kier molecular flexibility index (Phi) is 6.55. The quantitative estimate of drug-likeness (QED) is 0.715. The second-order valence-corrected chi connectivity index (χ2v) is 6.87. The van der Waals surface area contributed by atoms with Gasteiger partial charge in [-0.05, 0) is 30.7 Å². The zero-order valence-electron chi connectivity index (χ0n) is 14.5. The van der Waals surface area contributed by atoms with Crippen LogP contribution in [0.4, 0.5) is 0 Å². The first-order valence-corrected chi connectivity index (χ1v) is 8.60. The van der Waals surface area contributed by atoms with E-state index in [1.165, 1.54) is 11.8 Å². The number of amides is 1. The fraction of sp³-hybridized carbons (Fsp3) is 0.316. The third-order valence-electron chi connectivity index (χ3n) is 3.65. The van der Waals surface area contributed by atoms with E-state index in [4.69, 9.17) is 9.47 Å². The molecule has 0 aromatic heterocycles. The van der Waals surface area contributed by atoms with E-state index in [-0.39, 0.29) is 11.2 Å². The van der Waals surface area contributed by atoms with Crippen molar-refractivity contribution in [3.63, 3.8) is 0 Å². The minimum atomic E-state index is -0.184. The molecule has 0 saturated heterocycles. The fourth-order valence-corrected chi connectivity index (χ4v) is 3.40. The average molecular weight is 345 g/mol. The molecule has 0 N–H and O–H groups in total. The van der Waals surface area contributed by atoms with Crippen molar-refractivity contribution in [1.29, 1.82) is 0 Å². The van der Waals surface area contributed by atoms with E-state index in [2.05, 4.69) is 0 Å². The smallest absolute Gasteiger partial charge is 0.235 e. The highest BCUT2D eigenvalue weighted by molar-refractivity contribution is 8.00. The van der Waals surface area contributed by atoms with Crippen LogP contribution in [0.3, 0.4) is 0 Å². The van der Waals surface area contributed by atoms with Crippen LogP contribution in [0.1, 0.15) is 12.5 Å². The van der Waals surface area contributed by atoms with Gasteiger partial charge in [0.25, 0.3) is 0 Å². The van der Waals surface area contributed by atoms with Gasteiger partial charge in [0, 0.05) is 18.5 Å². The monoisotopic (exact) mass is 345 g/mol. The Labute approximate surface area is 147 Å². The SMILES string of the molecule is COc1ccc(S[C@@H](C)C(=O)N(C)Cc2ccccc2)cc1OC. The molecule has 2 rings (SSSR count). The Morgan fingerprint density at radius 3 is 2.38 bits per heavy atom. The zero-order chi connectivity index (χ0) is 17.5. The molecule has 0 unspecified atom stereocenters. The maximum atomic E-state index is 12.6. The Hall–Kier alpha value is -2.14. The molecular formula is C19H23NO3S. The fourth-order valence-electron chi connectivity index (χ4n) is 2.39. The molecule has 0 aliphatic rings. The van der Waals surface area contributed by atoms with E-state index in [0.717, 1.165) is 10.5 Å². The molecule has 128 valence electrons. The Balaban J connectivity index is 2.00. The second-order valence-electron chi connectivity index (χ2n) is 5.46. The van der Waals surface area contributed by atoms with Crippen molar-refractivity contribution in [2.45, 2.75) is 23.6 Å². The van der Waals surface area contributed by atoms with Crippen molar-refractivity contribution in [1.82, 2.24) is 4.90 Å². The molecular weight excluding hydrogens is 322 g/mol. The number of ether oxygens (including phenoxy) is 2. The van der Waals surface area contributed by atoms with Crippen molar-refractivity contribution in [2.75, 3.05) is 21.3 Å². The van der Waals surface area contributed by atoms with Gasteiger partial charge in [0.2, 0.25) is 5.91 Å². The van der Waals surface area contributed by atoms with Gasteiger partial charge in [0.05, 0.1) is 19.5 Å². The van der Waals surface area contributed by atoms with Gasteiger partial charge in [-0.25, -0.2) is 0 Å². The highest BCUT2D eigenvalue weighted by Gasteiger charge is 2.19. The summed E-state index contributed by atoms with van der Waals surface area (Å²) in [7, 11) is 5.05. The topological polar surface area (TPSA) is 38.8 Å². The number of methoxy groups -OCH3 is 2. The highest BCUT2D eigenvalue weighted by atomic mass is 32.2. The number of rotatable bonds is 7. The predicted molar refractivity (Wildman–Crippen MR) is 97.8 cm³/mol. The van der Waals surface area contributed by atoms with E-state index < -0.39 is 0 Å². The first kappa shape index (κ1) is 18.2. The molecule has 24 heavy (non-hydrogen) atoms. The highest BCUT2D eigenvalue weighted by Crippen LogP contribution is 2.33. The number of thioether (sulfide) groups is 1. The summed E-state index contributed by atoms with van der Waals surface area (Å²) in [5.41, 5.74) is 1.12. The summed E-state index contributed by atoms with van der Waals surface area (Å²) in [4.78, 5) is 15.3. The van der Waals surface area contributed by atoms with Crippen LogP contribution in [-0.2, 0) is 11.3 Å². The summed E-state index contributed by atoms with van der Waals surface area (Å²) in [5, 5.41) is -0.184. The maximum Gasteiger partial charge on any atom is 0.235 e. The summed E-state index contributed by atoms with van der Waals surface area (Å²) < 4.78 is 10.6. The molecule has 0 radical (unpaired) electrons. The lowest BCUT2D eigenvalue weighted by Crippen LogP contribution is -2.32. The van der Waals surface area contributed by atoms with Crippen molar-refractivity contribution in [3.05, 3.63) is 54.1 Å². The maximum absolute atomic E-state index is 12.6. The van der Waals surface area contributed by atoms with Crippen LogP contribution in [0.15, 0.2) is 53.4 Å². The first-order chi connectivity index (χ1) is 11.5. The summed E-state index contributed by atoms with van der Waals surface area (Å²) in [6.45, 7) is 2.53. The van der Waals surface area contributed by atoms with Gasteiger partial charge in [-0.3, -0.25) is 4.79 Å². The van der Waals surface area contributed by atoms with Crippen LogP contribution >= 0.6 is 11.8 Å². The Morgan fingerprint density at radius 1 is 1.08 bits per heavy atom. The molecule has 5 heteroatoms. The van der Waals surface area contributed by atoms with E-state index in [1.807, 2.05) is 62.5 Å². The number of benzene rings is 2. The van der Waals surface area contributed by atoms with Crippen molar-refractivity contribution >= 4 is 17.7 Å². The number of carbonyl (C=O) groups is 1. The van der Waals surface area contributed by atoms with Gasteiger partial charge in [-0.1, -0.05) is 30.3 Å². The predicted octanol–water partition coefficient (Wildman–Crippen LogP) is 3.84. The summed E-state index contributed by atoms with van der Waals surface area (Å²) in [5.74, 6) is 1.44. The van der Waals surface area contributed by atoms with Crippen LogP contribution in [0.5, 0.6) is 11.5 Å². The zero-order valence-corrected chi connectivity index (χ0v) is 15.3. The van der Waals surface area contributed by atoms with Crippen LogP contribution in [0, 0.1) is 0 Å². The number of hydrogen-bond donors (Lipinski definition) is 0. The van der Waals surface area contributed by atoms with E-state index in [0.29, 0.717) is 18.0 Å². The van der Waals surface area contributed by atoms with Crippen LogP contribution in [0.25, 0.3) is 0 Å². The number of carbonyl (C=O) groups excluding carboxylic acids is 1. The summed E-state index contributed by atoms with van der Waals surface area (Å²) >= 11 is 1.51. The molecule has 0 aliphatic carbocycles. The Bertz CT molecular complexity index is 676. The number of hydrogen-bond acceptors (Lipinski definition) is 4. The molecule has 0 heterocycles. The average Bonchev–Trinajstić information content (AvgIpc) is 2.61. The molecule has 2 aromatic carbocycles. The lowest BCUT2D eigenvalue weighted by atomic mass is 10.2. The van der Waals surface area contributed by atoms with Gasteiger partial charge < -0.3 is 14.4 Å². The molecule has 0 fully saturated rings. The van der Waals surface area contributed by atoms with Crippen LogP contribution in [0.2, 0.25) is 0 Å². The van der Waals surface area contributed by atoms with Gasteiger partial charge in [0.15, 0.2) is 11.5 Å². The van der Waals surface area contributed by atoms with E-state index >= 15 is 0 Å². The molecule has 0 saturated carbocycles. The molecule has 0 aliphatic heterocycles. The van der Waals surface area contributed by atoms with Crippen LogP contribution in [-0.4, -0.2) is 37.3 Å². The lowest BCUT2D eigenvalue weighted by molar-refractivity contribution is -0.129. The van der Waals surface area contributed by atoms with Gasteiger partial charge in [-0.2, -0.15) is 0 Å². The third-order valence-corrected chi connectivity index (χ3v) is 4.74. The molecule has 0 spiro atoms. The van der Waals surface area contributed by atoms with E-state index in [1.54, 1.807) is 19.1 Å². The third kappa shape index (κ3) is 4.68. The summed E-state index contributed by atoms with van der Waals surface area (Å²) in [6.07, 6.45) is 0. The first-order valence-electron chi connectivity index (χ1n) is 7.72. The molecule has 1 amide bonds. The minimum Gasteiger partial charge on any atom is -0.493 e. The Morgan fingerprint density at radius 2 is 1.75 bits per heavy atom. The molecule has 4 nitrogen and oxygen atoms in total. The molecule has 1 atom stereocenters. The van der Waals surface area contributed by atoms with Gasteiger partial charge >= 0.3 is 0 Å². The summed E-state index contributed by atoms with van der Waals surface area (Å²) in [6, 6.07) is 15.7. The standard InChI is InChI=1S/C19H23NO3S/c1-14(19(21)20(2)13-15-8-6-5-7-9-15)24-16-10-11-17(22-3)18(12-16)23-4/h5-12,14H,13H2,1-4H3/t14-/m0/s1. The second kappa shape index (κ2) is 8.64. The lowest BCUT2D eigenvalue weighted by Gasteiger charge is -2.21. The van der Waals surface area contributed by atoms with Crippen LogP contribution < -0.4 is 9.47 Å². The normalized spacial score (nSPS) is 11.7. The number of nitrogens with zero attached hydrogens (tertiary/aromatic N) is 1. The largest absolute Gasteiger partial charge is 0.493 e. The van der Waals surface area contributed by atoms with Crippen molar-refractivity contribution < 1.29 is 14.3 Å². The van der Waals surface area contributed by atoms with Gasteiger partial charge in [0.1, 0.15) is 0 Å². The van der Waals surface area contributed by atoms with Crippen molar-refractivity contribution in [3.8, 4) is 11.5 Å². The molecule has 2 aromatic rings.